The van der Waals surface area contributed by atoms with Crippen LogP contribution in [0.15, 0.2) is 28.8 Å². The quantitative estimate of drug-likeness (QED) is 0.849. The zero-order valence-electron chi connectivity index (χ0n) is 12.8. The summed E-state index contributed by atoms with van der Waals surface area (Å²) in [6.07, 6.45) is 0. The second-order valence-corrected chi connectivity index (χ2v) is 6.45. The number of carbonyl (C=O) groups excluding carboxylic acids is 1. The Hall–Kier alpha value is -1.56. The zero-order chi connectivity index (χ0) is 16.4. The van der Waals surface area contributed by atoms with Gasteiger partial charge in [-0.05, 0) is 24.6 Å². The van der Waals surface area contributed by atoms with Gasteiger partial charge in [0.05, 0.1) is 10.0 Å². The summed E-state index contributed by atoms with van der Waals surface area (Å²) >= 11 is 12.0. The molecule has 0 atom stereocenters. The Bertz CT molecular complexity index is 709. The van der Waals surface area contributed by atoms with E-state index in [1.54, 1.807) is 13.0 Å². The van der Waals surface area contributed by atoms with E-state index in [1.807, 2.05) is 23.1 Å². The van der Waals surface area contributed by atoms with E-state index in [0.717, 1.165) is 25.2 Å². The standard InChI is InChI=1S/C16H17Cl2N3O2/c1-11-8-15(19-23-11)16(22)21-6-4-20(5-7-21)10-12-2-3-13(17)14(18)9-12/h2-3,8-9H,4-7,10H2,1H3. The molecule has 1 aliphatic rings. The lowest BCUT2D eigenvalue weighted by atomic mass is 10.2. The van der Waals surface area contributed by atoms with E-state index in [-0.39, 0.29) is 5.91 Å². The Morgan fingerprint density at radius 3 is 2.52 bits per heavy atom. The first-order valence-corrected chi connectivity index (χ1v) is 8.17. The molecule has 7 heteroatoms. The SMILES string of the molecule is Cc1cc(C(=O)N2CCN(Cc3ccc(Cl)c(Cl)c3)CC2)no1. The molecule has 0 unspecified atom stereocenters. The maximum Gasteiger partial charge on any atom is 0.276 e. The van der Waals surface area contributed by atoms with Crippen LogP contribution in [0.25, 0.3) is 0 Å². The summed E-state index contributed by atoms with van der Waals surface area (Å²) in [4.78, 5) is 16.4. The lowest BCUT2D eigenvalue weighted by molar-refractivity contribution is 0.0618. The van der Waals surface area contributed by atoms with Crippen LogP contribution in [0.5, 0.6) is 0 Å². The molecule has 1 saturated heterocycles. The van der Waals surface area contributed by atoms with Gasteiger partial charge >= 0.3 is 0 Å². The molecule has 2 heterocycles. The summed E-state index contributed by atoms with van der Waals surface area (Å²) < 4.78 is 4.97. The Morgan fingerprint density at radius 2 is 1.91 bits per heavy atom. The van der Waals surface area contributed by atoms with Crippen molar-refractivity contribution in [1.82, 2.24) is 15.0 Å². The fourth-order valence-corrected chi connectivity index (χ4v) is 2.96. The molecular weight excluding hydrogens is 337 g/mol. The van der Waals surface area contributed by atoms with Crippen LogP contribution in [0.4, 0.5) is 0 Å². The largest absolute Gasteiger partial charge is 0.361 e. The molecule has 1 aromatic heterocycles. The molecule has 1 fully saturated rings. The van der Waals surface area contributed by atoms with Crippen molar-refractivity contribution < 1.29 is 9.32 Å². The van der Waals surface area contributed by atoms with Crippen LogP contribution in [0.2, 0.25) is 10.0 Å². The van der Waals surface area contributed by atoms with Crippen LogP contribution in [0.3, 0.4) is 0 Å². The van der Waals surface area contributed by atoms with Crippen LogP contribution in [-0.2, 0) is 6.54 Å². The fourth-order valence-electron chi connectivity index (χ4n) is 2.63. The van der Waals surface area contributed by atoms with E-state index in [0.29, 0.717) is 34.6 Å². The molecule has 1 amide bonds. The molecule has 1 aromatic carbocycles. The first-order chi connectivity index (χ1) is 11.0. The van der Waals surface area contributed by atoms with Gasteiger partial charge in [-0.25, -0.2) is 0 Å². The molecule has 23 heavy (non-hydrogen) atoms. The molecule has 5 nitrogen and oxygen atoms in total. The van der Waals surface area contributed by atoms with Gasteiger partial charge in [0, 0.05) is 38.8 Å². The van der Waals surface area contributed by atoms with Crippen LogP contribution >= 0.6 is 23.2 Å². The lowest BCUT2D eigenvalue weighted by Crippen LogP contribution is -2.48. The van der Waals surface area contributed by atoms with Gasteiger partial charge in [-0.2, -0.15) is 0 Å². The minimum atomic E-state index is -0.0731. The molecule has 0 radical (unpaired) electrons. The maximum absolute atomic E-state index is 12.3. The molecule has 0 saturated carbocycles. The summed E-state index contributed by atoms with van der Waals surface area (Å²) in [6, 6.07) is 7.35. The van der Waals surface area contributed by atoms with Gasteiger partial charge in [0.1, 0.15) is 5.76 Å². The van der Waals surface area contributed by atoms with Crippen LogP contribution in [-0.4, -0.2) is 47.0 Å². The van der Waals surface area contributed by atoms with Crippen molar-refractivity contribution in [2.24, 2.45) is 0 Å². The highest BCUT2D eigenvalue weighted by Crippen LogP contribution is 2.23. The van der Waals surface area contributed by atoms with Gasteiger partial charge in [-0.1, -0.05) is 34.4 Å². The van der Waals surface area contributed by atoms with E-state index in [9.17, 15) is 4.79 Å². The molecule has 0 aliphatic carbocycles. The predicted octanol–water partition coefficient (Wildman–Crippen LogP) is 3.25. The minimum absolute atomic E-state index is 0.0731. The predicted molar refractivity (Wildman–Crippen MR) is 88.9 cm³/mol. The Labute approximate surface area is 144 Å². The molecule has 0 N–H and O–H groups in total. The number of rotatable bonds is 3. The van der Waals surface area contributed by atoms with Gasteiger partial charge in [-0.15, -0.1) is 0 Å². The van der Waals surface area contributed by atoms with E-state index >= 15 is 0 Å². The number of hydrogen-bond donors (Lipinski definition) is 0. The van der Waals surface area contributed by atoms with Gasteiger partial charge in [0.2, 0.25) is 0 Å². The van der Waals surface area contributed by atoms with Crippen molar-refractivity contribution in [3.05, 3.63) is 51.3 Å². The van der Waals surface area contributed by atoms with Gasteiger partial charge < -0.3 is 9.42 Å². The molecule has 0 spiro atoms. The second-order valence-electron chi connectivity index (χ2n) is 5.64. The van der Waals surface area contributed by atoms with Crippen LogP contribution in [0, 0.1) is 6.92 Å². The summed E-state index contributed by atoms with van der Waals surface area (Å²) in [6.45, 7) is 5.53. The summed E-state index contributed by atoms with van der Waals surface area (Å²) in [5.74, 6) is 0.572. The van der Waals surface area contributed by atoms with Crippen molar-refractivity contribution in [1.29, 1.82) is 0 Å². The van der Waals surface area contributed by atoms with Crippen molar-refractivity contribution in [2.45, 2.75) is 13.5 Å². The molecule has 0 bridgehead atoms. The minimum Gasteiger partial charge on any atom is -0.361 e. The van der Waals surface area contributed by atoms with E-state index in [2.05, 4.69) is 10.1 Å². The van der Waals surface area contributed by atoms with E-state index in [1.165, 1.54) is 0 Å². The average Bonchev–Trinajstić information content (AvgIpc) is 2.97. The summed E-state index contributed by atoms with van der Waals surface area (Å²) in [7, 11) is 0. The normalized spacial score (nSPS) is 15.9. The topological polar surface area (TPSA) is 49.6 Å². The smallest absolute Gasteiger partial charge is 0.276 e. The fraction of sp³-hybridized carbons (Fsp3) is 0.375. The number of aromatic nitrogens is 1. The lowest BCUT2D eigenvalue weighted by Gasteiger charge is -2.34. The third-order valence-electron chi connectivity index (χ3n) is 3.90. The Morgan fingerprint density at radius 1 is 1.17 bits per heavy atom. The van der Waals surface area contributed by atoms with Crippen molar-refractivity contribution in [3.8, 4) is 0 Å². The number of amides is 1. The van der Waals surface area contributed by atoms with Crippen molar-refractivity contribution in [3.63, 3.8) is 0 Å². The van der Waals surface area contributed by atoms with Gasteiger partial charge in [0.25, 0.3) is 5.91 Å². The molecule has 122 valence electrons. The van der Waals surface area contributed by atoms with E-state index in [4.69, 9.17) is 27.7 Å². The maximum atomic E-state index is 12.3. The van der Waals surface area contributed by atoms with Crippen molar-refractivity contribution in [2.75, 3.05) is 26.2 Å². The Balaban J connectivity index is 1.56. The van der Waals surface area contributed by atoms with Gasteiger partial charge in [-0.3, -0.25) is 9.69 Å². The van der Waals surface area contributed by atoms with Crippen LogP contribution < -0.4 is 0 Å². The van der Waals surface area contributed by atoms with Crippen LogP contribution in [0.1, 0.15) is 21.8 Å². The highest BCUT2D eigenvalue weighted by atomic mass is 35.5. The number of piperazine rings is 1. The highest BCUT2D eigenvalue weighted by molar-refractivity contribution is 6.42. The third kappa shape index (κ3) is 3.86. The number of halogens is 2. The number of nitrogens with zero attached hydrogens (tertiary/aromatic N) is 3. The number of aryl methyl sites for hydroxylation is 1. The third-order valence-corrected chi connectivity index (χ3v) is 4.64. The van der Waals surface area contributed by atoms with E-state index < -0.39 is 0 Å². The monoisotopic (exact) mass is 353 g/mol. The van der Waals surface area contributed by atoms with Gasteiger partial charge in [0.15, 0.2) is 5.69 Å². The zero-order valence-corrected chi connectivity index (χ0v) is 14.3. The molecular formula is C16H17Cl2N3O2. The molecule has 3 rings (SSSR count). The second kappa shape index (κ2) is 6.91. The number of benzene rings is 1. The number of hydrogen-bond acceptors (Lipinski definition) is 4. The first kappa shape index (κ1) is 16.3. The highest BCUT2D eigenvalue weighted by Gasteiger charge is 2.24. The average molecular weight is 354 g/mol. The first-order valence-electron chi connectivity index (χ1n) is 7.42. The number of carbonyl (C=O) groups is 1. The molecule has 1 aliphatic heterocycles. The Kier molecular flexibility index (Phi) is 4.90. The van der Waals surface area contributed by atoms with Crippen molar-refractivity contribution >= 4 is 29.1 Å². The molecule has 2 aromatic rings. The summed E-state index contributed by atoms with van der Waals surface area (Å²) in [5.41, 5.74) is 1.49. The summed E-state index contributed by atoms with van der Waals surface area (Å²) in [5, 5.41) is 4.92.